The van der Waals surface area contributed by atoms with Crippen LogP contribution in [-0.4, -0.2) is 42.4 Å². The maximum absolute atomic E-state index is 14.4. The minimum absolute atomic E-state index is 0.160. The predicted molar refractivity (Wildman–Crippen MR) is 156 cm³/mol. The number of hydrogen-bond donors (Lipinski definition) is 2. The Labute approximate surface area is 234 Å². The number of pyridine rings is 1. The Kier molecular flexibility index (Phi) is 8.47. The second-order valence-electron chi connectivity index (χ2n) is 9.69. The zero-order valence-corrected chi connectivity index (χ0v) is 23.9. The number of nitrogens with one attached hydrogen (secondary N) is 1. The van der Waals surface area contributed by atoms with E-state index in [0.29, 0.717) is 40.2 Å². The van der Waals surface area contributed by atoms with Gasteiger partial charge in [0.15, 0.2) is 0 Å². The number of sulfonamides is 1. The van der Waals surface area contributed by atoms with Crippen LogP contribution >= 0.6 is 0 Å². The molecule has 0 atom stereocenters. The lowest BCUT2D eigenvalue weighted by molar-refractivity contribution is 0.402. The lowest BCUT2D eigenvalue weighted by Gasteiger charge is -2.13. The molecule has 4 aromatic rings. The van der Waals surface area contributed by atoms with E-state index in [1.807, 2.05) is 39.2 Å². The first-order valence-electron chi connectivity index (χ1n) is 12.6. The summed E-state index contributed by atoms with van der Waals surface area (Å²) in [6, 6.07) is 13.5. The number of rotatable bonds is 7. The fourth-order valence-electron chi connectivity index (χ4n) is 4.17. The lowest BCUT2D eigenvalue weighted by atomic mass is 10.0. The van der Waals surface area contributed by atoms with Crippen LogP contribution in [0.3, 0.4) is 0 Å². The fraction of sp³-hybridized carbons (Fsp3) is 0.233. The molecule has 40 heavy (non-hydrogen) atoms. The molecule has 0 aliphatic rings. The molecule has 8 nitrogen and oxygen atoms in total. The van der Waals surface area contributed by atoms with E-state index in [-0.39, 0.29) is 11.6 Å². The Balaban J connectivity index is 1.74. The maximum atomic E-state index is 14.4. The Morgan fingerprint density at radius 1 is 1.05 bits per heavy atom. The summed E-state index contributed by atoms with van der Waals surface area (Å²) in [5, 5.41) is 0. The van der Waals surface area contributed by atoms with Crippen LogP contribution in [0.2, 0.25) is 0 Å². The average molecular weight is 559 g/mol. The van der Waals surface area contributed by atoms with Crippen molar-refractivity contribution in [3.05, 3.63) is 94.2 Å². The number of aromatic nitrogens is 3. The lowest BCUT2D eigenvalue weighted by Crippen LogP contribution is -2.16. The van der Waals surface area contributed by atoms with Crippen molar-refractivity contribution in [3.8, 4) is 23.1 Å². The van der Waals surface area contributed by atoms with E-state index in [9.17, 15) is 12.8 Å². The molecule has 3 N–H and O–H groups in total. The van der Waals surface area contributed by atoms with Crippen molar-refractivity contribution in [3.63, 3.8) is 0 Å². The highest BCUT2D eigenvalue weighted by molar-refractivity contribution is 7.92. The number of benzene rings is 2. The number of aryl methyl sites for hydroxylation is 3. The standard InChI is InChI=1S/C30H31FN6O2S/c1-6-26-24(29(35-30(32)34-26)23-9-7-8-22(15-23)18-37(4)5)12-11-21-16-27(20(3)33-17-21)36-40(38,39)28-13-10-19(2)14-25(28)31/h7-10,13-17,36H,6,18H2,1-5H3,(H2,32,34,35). The fourth-order valence-corrected chi connectivity index (χ4v) is 5.34. The summed E-state index contributed by atoms with van der Waals surface area (Å²) < 4.78 is 42.8. The van der Waals surface area contributed by atoms with Crippen molar-refractivity contribution in [1.29, 1.82) is 0 Å². The first-order valence-corrected chi connectivity index (χ1v) is 14.1. The summed E-state index contributed by atoms with van der Waals surface area (Å²) in [7, 11) is -0.183. The minimum Gasteiger partial charge on any atom is -0.368 e. The number of halogens is 1. The van der Waals surface area contributed by atoms with Crippen molar-refractivity contribution < 1.29 is 12.8 Å². The van der Waals surface area contributed by atoms with Gasteiger partial charge in [0.25, 0.3) is 10.0 Å². The molecule has 0 amide bonds. The summed E-state index contributed by atoms with van der Waals surface area (Å²) in [6.45, 7) is 6.06. The summed E-state index contributed by atoms with van der Waals surface area (Å²) in [5.41, 5.74) is 11.7. The van der Waals surface area contributed by atoms with Crippen LogP contribution in [0, 0.1) is 31.5 Å². The summed E-state index contributed by atoms with van der Waals surface area (Å²) in [4.78, 5) is 14.9. The van der Waals surface area contributed by atoms with E-state index in [0.717, 1.165) is 17.7 Å². The minimum atomic E-state index is -4.19. The molecule has 0 aliphatic heterocycles. The van der Waals surface area contributed by atoms with Crippen molar-refractivity contribution in [2.45, 2.75) is 38.6 Å². The van der Waals surface area contributed by atoms with E-state index in [2.05, 4.69) is 42.5 Å². The molecule has 2 heterocycles. The smallest absolute Gasteiger partial charge is 0.264 e. The third kappa shape index (κ3) is 6.62. The van der Waals surface area contributed by atoms with E-state index in [1.165, 1.54) is 12.1 Å². The molecule has 0 spiro atoms. The Morgan fingerprint density at radius 2 is 1.82 bits per heavy atom. The van der Waals surface area contributed by atoms with Gasteiger partial charge in [0.05, 0.1) is 28.3 Å². The van der Waals surface area contributed by atoms with Crippen LogP contribution in [0.1, 0.15) is 40.6 Å². The monoisotopic (exact) mass is 558 g/mol. The van der Waals surface area contributed by atoms with E-state index in [4.69, 9.17) is 5.73 Å². The molecule has 0 saturated carbocycles. The van der Waals surface area contributed by atoms with Gasteiger partial charge in [-0.3, -0.25) is 9.71 Å². The van der Waals surface area contributed by atoms with E-state index >= 15 is 0 Å². The van der Waals surface area contributed by atoms with Gasteiger partial charge >= 0.3 is 0 Å². The summed E-state index contributed by atoms with van der Waals surface area (Å²) >= 11 is 0. The topological polar surface area (TPSA) is 114 Å². The van der Waals surface area contributed by atoms with E-state index < -0.39 is 20.7 Å². The first-order chi connectivity index (χ1) is 19.0. The van der Waals surface area contributed by atoms with Crippen molar-refractivity contribution >= 4 is 21.7 Å². The number of nitrogen functional groups attached to an aromatic ring is 1. The van der Waals surface area contributed by atoms with Crippen LogP contribution < -0.4 is 10.5 Å². The van der Waals surface area contributed by atoms with Gasteiger partial charge in [-0.25, -0.2) is 22.8 Å². The maximum Gasteiger partial charge on any atom is 0.264 e. The second kappa shape index (κ2) is 11.8. The molecule has 206 valence electrons. The predicted octanol–water partition coefficient (Wildman–Crippen LogP) is 4.70. The molecular weight excluding hydrogens is 527 g/mol. The van der Waals surface area contributed by atoms with Gasteiger partial charge in [0.2, 0.25) is 5.95 Å². The molecule has 0 fully saturated rings. The molecule has 0 radical (unpaired) electrons. The van der Waals surface area contributed by atoms with Crippen molar-refractivity contribution in [2.24, 2.45) is 0 Å². The SMILES string of the molecule is CCc1nc(N)nc(-c2cccc(CN(C)C)c2)c1C#Cc1cnc(C)c(NS(=O)(=O)c2ccc(C)cc2F)c1. The number of anilines is 2. The van der Waals surface area contributed by atoms with Gasteiger partial charge in [-0.2, -0.15) is 0 Å². The molecule has 2 aromatic heterocycles. The third-order valence-corrected chi connectivity index (χ3v) is 7.47. The van der Waals surface area contributed by atoms with Gasteiger partial charge < -0.3 is 10.6 Å². The van der Waals surface area contributed by atoms with Crippen molar-refractivity contribution in [2.75, 3.05) is 24.6 Å². The van der Waals surface area contributed by atoms with Gasteiger partial charge in [0, 0.05) is 23.9 Å². The highest BCUT2D eigenvalue weighted by Gasteiger charge is 2.20. The summed E-state index contributed by atoms with van der Waals surface area (Å²) in [6.07, 6.45) is 2.13. The zero-order valence-electron chi connectivity index (χ0n) is 23.1. The number of nitrogens with two attached hydrogens (primary N) is 1. The average Bonchev–Trinajstić information content (AvgIpc) is 2.88. The molecule has 0 saturated heterocycles. The highest BCUT2D eigenvalue weighted by Crippen LogP contribution is 2.26. The molecule has 4 rings (SSSR count). The van der Waals surface area contributed by atoms with Gasteiger partial charge in [-0.05, 0) is 69.8 Å². The second-order valence-corrected chi connectivity index (χ2v) is 11.3. The number of nitrogens with zero attached hydrogens (tertiary/aromatic N) is 4. The normalized spacial score (nSPS) is 11.3. The quantitative estimate of drug-likeness (QED) is 0.316. The number of hydrogen-bond acceptors (Lipinski definition) is 7. The van der Waals surface area contributed by atoms with Gasteiger partial charge in [-0.1, -0.05) is 43.0 Å². The van der Waals surface area contributed by atoms with E-state index in [1.54, 1.807) is 32.2 Å². The Hall–Kier alpha value is -4.33. The first kappa shape index (κ1) is 28.7. The molecule has 10 heteroatoms. The van der Waals surface area contributed by atoms with Crippen LogP contribution in [0.5, 0.6) is 0 Å². The van der Waals surface area contributed by atoms with Crippen molar-refractivity contribution in [1.82, 2.24) is 19.9 Å². The molecular formula is C30H31FN6O2S. The van der Waals surface area contributed by atoms with Crippen LogP contribution in [0.4, 0.5) is 16.0 Å². The van der Waals surface area contributed by atoms with Crippen LogP contribution in [0.15, 0.2) is 59.6 Å². The molecule has 0 aliphatic carbocycles. The zero-order chi connectivity index (χ0) is 29.0. The largest absolute Gasteiger partial charge is 0.368 e. The Morgan fingerprint density at radius 3 is 2.52 bits per heavy atom. The van der Waals surface area contributed by atoms with Crippen LogP contribution in [0.25, 0.3) is 11.3 Å². The third-order valence-electron chi connectivity index (χ3n) is 6.08. The Bertz CT molecular complexity index is 1740. The summed E-state index contributed by atoms with van der Waals surface area (Å²) in [5.74, 6) is 5.58. The van der Waals surface area contributed by atoms with Gasteiger partial charge in [0.1, 0.15) is 10.7 Å². The molecule has 0 unspecified atom stereocenters. The highest BCUT2D eigenvalue weighted by atomic mass is 32.2. The molecule has 2 aromatic carbocycles. The van der Waals surface area contributed by atoms with Gasteiger partial charge in [-0.15, -0.1) is 0 Å². The van der Waals surface area contributed by atoms with Crippen LogP contribution in [-0.2, 0) is 23.0 Å². The molecule has 0 bridgehead atoms.